The van der Waals surface area contributed by atoms with E-state index in [4.69, 9.17) is 11.6 Å². The number of halogens is 1. The van der Waals surface area contributed by atoms with E-state index in [1.165, 1.54) is 0 Å². The van der Waals surface area contributed by atoms with Crippen molar-refractivity contribution in [2.75, 3.05) is 5.32 Å². The van der Waals surface area contributed by atoms with Gasteiger partial charge in [-0.15, -0.1) is 0 Å². The zero-order chi connectivity index (χ0) is 14.1. The third-order valence-electron chi connectivity index (χ3n) is 2.98. The summed E-state index contributed by atoms with van der Waals surface area (Å²) in [5, 5.41) is 3.26. The molecule has 1 aromatic heterocycles. The number of benzene rings is 2. The topological polar surface area (TPSA) is 57.8 Å². The molecule has 0 aliphatic heterocycles. The summed E-state index contributed by atoms with van der Waals surface area (Å²) >= 11 is 6.01. The van der Waals surface area contributed by atoms with E-state index in [0.29, 0.717) is 16.3 Å². The molecule has 2 N–H and O–H groups in total. The van der Waals surface area contributed by atoms with E-state index in [0.717, 1.165) is 16.9 Å². The van der Waals surface area contributed by atoms with E-state index < -0.39 is 0 Å². The highest BCUT2D eigenvalue weighted by Crippen LogP contribution is 2.20. The van der Waals surface area contributed by atoms with Crippen LogP contribution < -0.4 is 5.32 Å². The Labute approximate surface area is 120 Å². The summed E-state index contributed by atoms with van der Waals surface area (Å²) in [5.41, 5.74) is 2.92. The van der Waals surface area contributed by atoms with Crippen LogP contribution in [-0.2, 0) is 0 Å². The van der Waals surface area contributed by atoms with Gasteiger partial charge >= 0.3 is 0 Å². The predicted octanol–water partition coefficient (Wildman–Crippen LogP) is 3.78. The lowest BCUT2D eigenvalue weighted by atomic mass is 10.2. The quantitative estimate of drug-likeness (QED) is 0.753. The molecule has 1 heterocycles. The van der Waals surface area contributed by atoms with Gasteiger partial charge in [-0.25, -0.2) is 4.98 Å². The lowest BCUT2D eigenvalue weighted by Crippen LogP contribution is -2.12. The maximum atomic E-state index is 12.2. The highest BCUT2D eigenvalue weighted by Gasteiger charge is 2.10. The maximum Gasteiger partial charge on any atom is 0.257 e. The zero-order valence-electron chi connectivity index (χ0n) is 10.8. The number of imidazole rings is 1. The highest BCUT2D eigenvalue weighted by molar-refractivity contribution is 6.34. The summed E-state index contributed by atoms with van der Waals surface area (Å²) in [5.74, 6) is 0.612. The molecule has 3 aromatic rings. The molecule has 0 radical (unpaired) electrons. The molecule has 0 saturated heterocycles. The van der Waals surface area contributed by atoms with Crippen molar-refractivity contribution in [2.45, 2.75) is 6.92 Å². The van der Waals surface area contributed by atoms with Crippen molar-refractivity contribution in [2.24, 2.45) is 0 Å². The van der Waals surface area contributed by atoms with Gasteiger partial charge in [-0.05, 0) is 37.3 Å². The number of anilines is 1. The number of aromatic nitrogens is 2. The number of nitrogens with zero attached hydrogens (tertiary/aromatic N) is 1. The number of rotatable bonds is 2. The summed E-state index contributed by atoms with van der Waals surface area (Å²) < 4.78 is 0. The number of hydrogen-bond donors (Lipinski definition) is 2. The van der Waals surface area contributed by atoms with Crippen LogP contribution in [0.25, 0.3) is 11.0 Å². The van der Waals surface area contributed by atoms with Crippen LogP contribution in [0, 0.1) is 6.92 Å². The van der Waals surface area contributed by atoms with Crippen molar-refractivity contribution >= 4 is 34.2 Å². The fourth-order valence-electron chi connectivity index (χ4n) is 2.06. The molecule has 20 heavy (non-hydrogen) atoms. The molecule has 3 rings (SSSR count). The van der Waals surface area contributed by atoms with Crippen molar-refractivity contribution in [1.82, 2.24) is 9.97 Å². The van der Waals surface area contributed by atoms with Gasteiger partial charge < -0.3 is 10.3 Å². The maximum absolute atomic E-state index is 12.2. The highest BCUT2D eigenvalue weighted by atomic mass is 35.5. The van der Waals surface area contributed by atoms with Gasteiger partial charge in [0.05, 0.1) is 21.6 Å². The molecule has 5 heteroatoms. The molecule has 100 valence electrons. The van der Waals surface area contributed by atoms with Crippen molar-refractivity contribution in [3.05, 3.63) is 58.9 Å². The molecule has 0 bridgehead atoms. The second-order valence-electron chi connectivity index (χ2n) is 4.49. The Balaban J connectivity index is 1.89. The molecule has 0 unspecified atom stereocenters. The molecule has 0 saturated carbocycles. The van der Waals surface area contributed by atoms with Gasteiger partial charge in [-0.2, -0.15) is 0 Å². The minimum absolute atomic E-state index is 0.230. The number of aryl methyl sites for hydroxylation is 1. The molecule has 2 aromatic carbocycles. The first-order chi connectivity index (χ1) is 9.63. The fraction of sp³-hybridized carbons (Fsp3) is 0.0667. The van der Waals surface area contributed by atoms with Crippen LogP contribution in [0.5, 0.6) is 0 Å². The first kappa shape index (κ1) is 12.7. The minimum Gasteiger partial charge on any atom is -0.342 e. The minimum atomic E-state index is -0.230. The summed E-state index contributed by atoms with van der Waals surface area (Å²) in [6.07, 6.45) is 0. The predicted molar refractivity (Wildman–Crippen MR) is 80.2 cm³/mol. The summed E-state index contributed by atoms with van der Waals surface area (Å²) in [6.45, 7) is 1.89. The Hall–Kier alpha value is -2.33. The van der Waals surface area contributed by atoms with E-state index in [2.05, 4.69) is 15.3 Å². The van der Waals surface area contributed by atoms with Crippen LogP contribution in [-0.4, -0.2) is 15.9 Å². The van der Waals surface area contributed by atoms with Gasteiger partial charge in [0.15, 0.2) is 0 Å². The number of amides is 1. The van der Waals surface area contributed by atoms with Crippen molar-refractivity contribution in [1.29, 1.82) is 0 Å². The standard InChI is InChI=1S/C15H12ClN3O/c1-9-17-13-7-6-10(8-14(13)18-9)19-15(20)11-4-2-3-5-12(11)16/h2-8H,1H3,(H,17,18)(H,19,20). The molecule has 0 atom stereocenters. The Bertz CT molecular complexity index is 795. The lowest BCUT2D eigenvalue weighted by Gasteiger charge is -2.06. The Morgan fingerprint density at radius 1 is 1.25 bits per heavy atom. The molecule has 0 aliphatic carbocycles. The molecule has 0 spiro atoms. The van der Waals surface area contributed by atoms with Gasteiger partial charge in [0.2, 0.25) is 0 Å². The zero-order valence-corrected chi connectivity index (χ0v) is 11.5. The Morgan fingerprint density at radius 2 is 2.05 bits per heavy atom. The first-order valence-corrected chi connectivity index (χ1v) is 6.53. The van der Waals surface area contributed by atoms with E-state index in [1.807, 2.05) is 25.1 Å². The molecular formula is C15H12ClN3O. The summed E-state index contributed by atoms with van der Waals surface area (Å²) in [4.78, 5) is 19.6. The molecule has 4 nitrogen and oxygen atoms in total. The smallest absolute Gasteiger partial charge is 0.257 e. The van der Waals surface area contributed by atoms with Crippen molar-refractivity contribution in [3.63, 3.8) is 0 Å². The number of hydrogen-bond acceptors (Lipinski definition) is 2. The molecule has 0 fully saturated rings. The van der Waals surface area contributed by atoms with E-state index in [9.17, 15) is 4.79 Å². The van der Waals surface area contributed by atoms with Crippen molar-refractivity contribution < 1.29 is 4.79 Å². The van der Waals surface area contributed by atoms with E-state index >= 15 is 0 Å². The average Bonchev–Trinajstić information content (AvgIpc) is 2.78. The second kappa shape index (κ2) is 4.98. The first-order valence-electron chi connectivity index (χ1n) is 6.16. The number of H-pyrrole nitrogens is 1. The largest absolute Gasteiger partial charge is 0.342 e. The van der Waals surface area contributed by atoms with Crippen LogP contribution in [0.2, 0.25) is 5.02 Å². The van der Waals surface area contributed by atoms with Crippen LogP contribution in [0.4, 0.5) is 5.69 Å². The summed E-state index contributed by atoms with van der Waals surface area (Å²) in [7, 11) is 0. The molecule has 1 amide bonds. The number of nitrogens with one attached hydrogen (secondary N) is 2. The normalized spacial score (nSPS) is 10.7. The average molecular weight is 286 g/mol. The monoisotopic (exact) mass is 285 g/mol. The molecule has 0 aliphatic rings. The van der Waals surface area contributed by atoms with Gasteiger partial charge in [0.1, 0.15) is 5.82 Å². The fourth-order valence-corrected chi connectivity index (χ4v) is 2.28. The summed E-state index contributed by atoms with van der Waals surface area (Å²) in [6, 6.07) is 12.5. The van der Waals surface area contributed by atoms with Crippen molar-refractivity contribution in [3.8, 4) is 0 Å². The van der Waals surface area contributed by atoms with Crippen LogP contribution in [0.15, 0.2) is 42.5 Å². The number of fused-ring (bicyclic) bond motifs is 1. The third-order valence-corrected chi connectivity index (χ3v) is 3.31. The lowest BCUT2D eigenvalue weighted by molar-refractivity contribution is 0.102. The van der Waals surface area contributed by atoms with Crippen LogP contribution in [0.3, 0.4) is 0 Å². The third kappa shape index (κ3) is 2.38. The van der Waals surface area contributed by atoms with Gasteiger partial charge in [-0.3, -0.25) is 4.79 Å². The van der Waals surface area contributed by atoms with Gasteiger partial charge in [0, 0.05) is 5.69 Å². The second-order valence-corrected chi connectivity index (χ2v) is 4.90. The Kier molecular flexibility index (Phi) is 3.16. The van der Waals surface area contributed by atoms with Gasteiger partial charge in [-0.1, -0.05) is 23.7 Å². The number of aromatic amines is 1. The number of carbonyl (C=O) groups is 1. The SMILES string of the molecule is Cc1nc2ccc(NC(=O)c3ccccc3Cl)cc2[nH]1. The van der Waals surface area contributed by atoms with Crippen LogP contribution in [0.1, 0.15) is 16.2 Å². The van der Waals surface area contributed by atoms with E-state index in [1.54, 1.807) is 24.3 Å². The van der Waals surface area contributed by atoms with Gasteiger partial charge in [0.25, 0.3) is 5.91 Å². The number of carbonyl (C=O) groups excluding carboxylic acids is 1. The molecular weight excluding hydrogens is 274 g/mol. The van der Waals surface area contributed by atoms with E-state index in [-0.39, 0.29) is 5.91 Å². The Morgan fingerprint density at radius 3 is 2.85 bits per heavy atom. The van der Waals surface area contributed by atoms with Crippen LogP contribution >= 0.6 is 11.6 Å².